The van der Waals surface area contributed by atoms with Crippen LogP contribution in [0.5, 0.6) is 0 Å². The monoisotopic (exact) mass is 262 g/mol. The van der Waals surface area contributed by atoms with Crippen LogP contribution in [0.15, 0.2) is 0 Å². The van der Waals surface area contributed by atoms with E-state index in [1.165, 1.54) is 77.4 Å². The minimum absolute atomic E-state index is 0.457. The maximum Gasteiger partial charge on any atom is 0.0225 e. The van der Waals surface area contributed by atoms with Gasteiger partial charge in [-0.25, -0.2) is 0 Å². The summed E-state index contributed by atoms with van der Waals surface area (Å²) in [6, 6.07) is 0.457. The molecule has 1 atom stereocenters. The van der Waals surface area contributed by atoms with E-state index in [9.17, 15) is 0 Å². The molecule has 0 amide bonds. The molecule has 2 nitrogen and oxygen atoms in total. The highest BCUT2D eigenvalue weighted by atomic mass is 15.1. The molecule has 0 aromatic heterocycles. The smallest absolute Gasteiger partial charge is 0.0225 e. The number of likely N-dealkylation sites (tertiary alicyclic amines) is 1. The zero-order valence-corrected chi connectivity index (χ0v) is 12.3. The Balaban J connectivity index is 1.45. The van der Waals surface area contributed by atoms with Crippen molar-refractivity contribution in [3.63, 3.8) is 0 Å². The van der Waals surface area contributed by atoms with Crippen molar-refractivity contribution in [2.75, 3.05) is 19.6 Å². The third-order valence-corrected chi connectivity index (χ3v) is 6.78. The Labute approximate surface area is 118 Å². The Morgan fingerprint density at radius 3 is 1.95 bits per heavy atom. The van der Waals surface area contributed by atoms with E-state index in [4.69, 9.17) is 5.73 Å². The van der Waals surface area contributed by atoms with Gasteiger partial charge in [0.25, 0.3) is 0 Å². The van der Waals surface area contributed by atoms with Crippen LogP contribution < -0.4 is 5.73 Å². The lowest BCUT2D eigenvalue weighted by Crippen LogP contribution is -2.58. The fourth-order valence-electron chi connectivity index (χ4n) is 6.25. The predicted octanol–water partition coefficient (Wildman–Crippen LogP) is 3.02. The van der Waals surface area contributed by atoms with Crippen molar-refractivity contribution in [3.8, 4) is 0 Å². The van der Waals surface area contributed by atoms with E-state index < -0.39 is 0 Å². The largest absolute Gasteiger partial charge is 0.326 e. The molecule has 4 aliphatic carbocycles. The van der Waals surface area contributed by atoms with Crippen molar-refractivity contribution >= 4 is 0 Å². The van der Waals surface area contributed by atoms with E-state index in [0.717, 1.165) is 17.8 Å². The summed E-state index contributed by atoms with van der Waals surface area (Å²) in [5.41, 5.74) is 7.31. The lowest BCUT2D eigenvalue weighted by atomic mass is 9.48. The van der Waals surface area contributed by atoms with Crippen LogP contribution in [0.4, 0.5) is 0 Å². The Hall–Kier alpha value is -0.0800. The SMILES string of the molecule is NC(CN1CCCCC1)C12CC3CC(CC(C3)C1)C2. The first kappa shape index (κ1) is 12.6. The maximum absolute atomic E-state index is 6.76. The molecule has 2 heteroatoms. The van der Waals surface area contributed by atoms with E-state index in [1.807, 2.05) is 0 Å². The zero-order valence-electron chi connectivity index (χ0n) is 12.3. The highest BCUT2D eigenvalue weighted by Crippen LogP contribution is 2.61. The van der Waals surface area contributed by atoms with Gasteiger partial charge in [-0.1, -0.05) is 6.42 Å². The van der Waals surface area contributed by atoms with Crippen LogP contribution in [0.2, 0.25) is 0 Å². The Morgan fingerprint density at radius 2 is 1.42 bits per heavy atom. The number of nitrogens with two attached hydrogens (primary N) is 1. The Kier molecular flexibility index (Phi) is 3.15. The minimum Gasteiger partial charge on any atom is -0.326 e. The molecular formula is C17H30N2. The average molecular weight is 262 g/mol. The number of piperidine rings is 1. The van der Waals surface area contributed by atoms with Crippen molar-refractivity contribution in [2.24, 2.45) is 28.9 Å². The minimum atomic E-state index is 0.457. The van der Waals surface area contributed by atoms with Crippen LogP contribution in [0.25, 0.3) is 0 Å². The van der Waals surface area contributed by atoms with Gasteiger partial charge in [-0.05, 0) is 87.6 Å². The molecule has 0 spiro atoms. The molecule has 5 fully saturated rings. The molecule has 108 valence electrons. The number of rotatable bonds is 3. The summed E-state index contributed by atoms with van der Waals surface area (Å²) in [6.45, 7) is 3.80. The Morgan fingerprint density at radius 1 is 0.895 bits per heavy atom. The highest BCUT2D eigenvalue weighted by molar-refractivity contribution is 5.06. The van der Waals surface area contributed by atoms with E-state index >= 15 is 0 Å². The van der Waals surface area contributed by atoms with Crippen molar-refractivity contribution in [1.29, 1.82) is 0 Å². The summed E-state index contributed by atoms with van der Waals surface area (Å²) in [4.78, 5) is 2.66. The number of hydrogen-bond donors (Lipinski definition) is 1. The van der Waals surface area contributed by atoms with Gasteiger partial charge in [0.1, 0.15) is 0 Å². The summed E-state index contributed by atoms with van der Waals surface area (Å²) in [5, 5.41) is 0. The fraction of sp³-hybridized carbons (Fsp3) is 1.00. The van der Waals surface area contributed by atoms with Crippen LogP contribution in [0, 0.1) is 23.2 Å². The van der Waals surface area contributed by atoms with Crippen LogP contribution in [0.1, 0.15) is 57.8 Å². The third kappa shape index (κ3) is 2.25. The van der Waals surface area contributed by atoms with E-state index in [2.05, 4.69) is 4.90 Å². The molecule has 2 N–H and O–H groups in total. The van der Waals surface area contributed by atoms with Crippen LogP contribution >= 0.6 is 0 Å². The zero-order chi connectivity index (χ0) is 12.9. The van der Waals surface area contributed by atoms with Gasteiger partial charge >= 0.3 is 0 Å². The second-order valence-corrected chi connectivity index (χ2v) is 8.25. The molecule has 0 radical (unpaired) electrons. The molecule has 1 heterocycles. The molecule has 5 rings (SSSR count). The second-order valence-electron chi connectivity index (χ2n) is 8.25. The highest BCUT2D eigenvalue weighted by Gasteiger charge is 2.53. The molecule has 19 heavy (non-hydrogen) atoms. The topological polar surface area (TPSA) is 29.3 Å². The lowest BCUT2D eigenvalue weighted by molar-refractivity contribution is -0.0720. The third-order valence-electron chi connectivity index (χ3n) is 6.78. The Bertz CT molecular complexity index is 297. The van der Waals surface area contributed by atoms with Crippen molar-refractivity contribution in [1.82, 2.24) is 4.90 Å². The molecule has 1 aliphatic heterocycles. The lowest BCUT2D eigenvalue weighted by Gasteiger charge is -2.59. The molecular weight excluding hydrogens is 232 g/mol. The van der Waals surface area contributed by atoms with Gasteiger partial charge in [0.2, 0.25) is 0 Å². The van der Waals surface area contributed by atoms with Gasteiger partial charge in [0, 0.05) is 12.6 Å². The molecule has 1 unspecified atom stereocenters. The van der Waals surface area contributed by atoms with E-state index in [-0.39, 0.29) is 0 Å². The first-order valence-corrected chi connectivity index (χ1v) is 8.71. The van der Waals surface area contributed by atoms with E-state index in [0.29, 0.717) is 11.5 Å². The fourth-order valence-corrected chi connectivity index (χ4v) is 6.25. The molecule has 4 bridgehead atoms. The first-order chi connectivity index (χ1) is 9.23. The molecule has 4 saturated carbocycles. The van der Waals surface area contributed by atoms with Crippen LogP contribution in [-0.2, 0) is 0 Å². The number of hydrogen-bond acceptors (Lipinski definition) is 2. The molecule has 1 saturated heterocycles. The predicted molar refractivity (Wildman–Crippen MR) is 78.9 cm³/mol. The summed E-state index contributed by atoms with van der Waals surface area (Å²) in [6.07, 6.45) is 13.2. The van der Waals surface area contributed by atoms with E-state index in [1.54, 1.807) is 0 Å². The van der Waals surface area contributed by atoms with Gasteiger partial charge in [0.05, 0.1) is 0 Å². The van der Waals surface area contributed by atoms with Crippen molar-refractivity contribution in [3.05, 3.63) is 0 Å². The van der Waals surface area contributed by atoms with Crippen molar-refractivity contribution in [2.45, 2.75) is 63.8 Å². The van der Waals surface area contributed by atoms with Gasteiger partial charge in [0.15, 0.2) is 0 Å². The van der Waals surface area contributed by atoms with Gasteiger partial charge in [-0.2, -0.15) is 0 Å². The molecule has 0 aromatic rings. The van der Waals surface area contributed by atoms with Crippen LogP contribution in [-0.4, -0.2) is 30.6 Å². The van der Waals surface area contributed by atoms with Gasteiger partial charge in [-0.3, -0.25) is 0 Å². The summed E-state index contributed by atoms with van der Waals surface area (Å²) >= 11 is 0. The molecule has 5 aliphatic rings. The second kappa shape index (κ2) is 4.73. The molecule has 0 aromatic carbocycles. The average Bonchev–Trinajstić information content (AvgIpc) is 2.38. The van der Waals surface area contributed by atoms with Crippen LogP contribution in [0.3, 0.4) is 0 Å². The van der Waals surface area contributed by atoms with Crippen molar-refractivity contribution < 1.29 is 0 Å². The summed E-state index contributed by atoms with van der Waals surface area (Å²) < 4.78 is 0. The standard InChI is InChI=1S/C17H30N2/c18-16(12-19-4-2-1-3-5-19)17-9-13-6-14(10-17)8-15(7-13)11-17/h13-16H,1-12,18H2. The quantitative estimate of drug-likeness (QED) is 0.847. The van der Waals surface area contributed by atoms with Gasteiger partial charge < -0.3 is 10.6 Å². The summed E-state index contributed by atoms with van der Waals surface area (Å²) in [7, 11) is 0. The van der Waals surface area contributed by atoms with Gasteiger partial charge in [-0.15, -0.1) is 0 Å². The first-order valence-electron chi connectivity index (χ1n) is 8.71. The summed E-state index contributed by atoms with van der Waals surface area (Å²) in [5.74, 6) is 3.12. The normalized spacial score (nSPS) is 47.5. The number of nitrogens with zero attached hydrogens (tertiary/aromatic N) is 1. The maximum atomic E-state index is 6.76.